The zero-order valence-electron chi connectivity index (χ0n) is 14.5. The van der Waals surface area contributed by atoms with E-state index in [4.69, 9.17) is 0 Å². The summed E-state index contributed by atoms with van der Waals surface area (Å²) in [5, 5.41) is 0. The highest BCUT2D eigenvalue weighted by Gasteiger charge is 2.21. The maximum Gasteiger partial charge on any atom is 0.0451 e. The van der Waals surface area contributed by atoms with Crippen LogP contribution in [0.4, 0.5) is 0 Å². The van der Waals surface area contributed by atoms with Crippen molar-refractivity contribution < 1.29 is 0 Å². The maximum atomic E-state index is 3.66. The summed E-state index contributed by atoms with van der Waals surface area (Å²) >= 11 is 9.66. The van der Waals surface area contributed by atoms with Gasteiger partial charge >= 0.3 is 0 Å². The lowest BCUT2D eigenvalue weighted by Gasteiger charge is -2.26. The van der Waals surface area contributed by atoms with E-state index in [1.54, 1.807) is 0 Å². The number of rotatable bonds is 1. The van der Waals surface area contributed by atoms with Crippen LogP contribution in [-0.4, -0.2) is 0 Å². The molecule has 0 unspecified atom stereocenters. The Morgan fingerprint density at radius 2 is 1.13 bits per heavy atom. The zero-order valence-corrected chi connectivity index (χ0v) is 19.9. The van der Waals surface area contributed by atoms with Gasteiger partial charge in [0.2, 0.25) is 0 Å². The molecule has 0 aliphatic heterocycles. The van der Waals surface area contributed by atoms with Gasteiger partial charge in [0, 0.05) is 12.5 Å². The molecule has 0 nitrogen and oxygen atoms in total. The van der Waals surface area contributed by atoms with Gasteiger partial charge < -0.3 is 0 Å². The summed E-state index contributed by atoms with van der Waals surface area (Å²) in [6.07, 6.45) is 0. The number of halogens is 3. The van der Waals surface area contributed by atoms with Gasteiger partial charge in [-0.05, 0) is 99.7 Å². The molecule has 0 amide bonds. The molecule has 23 heavy (non-hydrogen) atoms. The van der Waals surface area contributed by atoms with E-state index in [0.717, 1.165) is 8.95 Å². The van der Waals surface area contributed by atoms with Crippen molar-refractivity contribution in [2.75, 3.05) is 0 Å². The Bertz CT molecular complexity index is 679. The first-order chi connectivity index (χ1) is 10.4. The molecule has 0 fully saturated rings. The van der Waals surface area contributed by atoms with E-state index in [0.29, 0.717) is 0 Å². The van der Waals surface area contributed by atoms with Crippen molar-refractivity contribution in [3.8, 4) is 11.1 Å². The summed E-state index contributed by atoms with van der Waals surface area (Å²) in [6, 6.07) is 11.5. The van der Waals surface area contributed by atoms with Crippen LogP contribution in [0.3, 0.4) is 0 Å². The molecular weight excluding hydrogens is 527 g/mol. The van der Waals surface area contributed by atoms with Crippen LogP contribution in [0.15, 0.2) is 39.3 Å². The molecule has 0 aliphatic rings. The molecule has 2 aromatic carbocycles. The second kappa shape index (κ2) is 6.80. The van der Waals surface area contributed by atoms with Crippen molar-refractivity contribution in [2.45, 2.75) is 52.4 Å². The summed E-state index contributed by atoms with van der Waals surface area (Å²) in [4.78, 5) is 0. The van der Waals surface area contributed by atoms with Gasteiger partial charge in [0.05, 0.1) is 0 Å². The molecule has 0 saturated heterocycles. The monoisotopic (exact) mass is 548 g/mol. The fourth-order valence-corrected chi connectivity index (χ4v) is 4.07. The standard InChI is InChI=1S/C20H23Br2I/c1-19(2,3)14-7-12(8-15(11-14)20(4,5)6)13-9-16(21)18(22)17(23)10-13/h7-11H,1-6H3. The Hall–Kier alpha value is 0.130. The van der Waals surface area contributed by atoms with Crippen LogP contribution in [0.2, 0.25) is 0 Å². The lowest BCUT2D eigenvalue weighted by Crippen LogP contribution is -2.16. The van der Waals surface area contributed by atoms with E-state index in [1.165, 1.54) is 25.8 Å². The first-order valence-electron chi connectivity index (χ1n) is 7.70. The van der Waals surface area contributed by atoms with Crippen molar-refractivity contribution in [1.29, 1.82) is 0 Å². The van der Waals surface area contributed by atoms with Gasteiger partial charge in [-0.2, -0.15) is 0 Å². The maximum absolute atomic E-state index is 3.66. The second-order valence-electron chi connectivity index (χ2n) is 8.05. The summed E-state index contributed by atoms with van der Waals surface area (Å²) in [7, 11) is 0. The molecule has 2 rings (SSSR count). The molecule has 0 bridgehead atoms. The molecule has 0 spiro atoms. The van der Waals surface area contributed by atoms with Gasteiger partial charge in [-0.15, -0.1) is 0 Å². The van der Waals surface area contributed by atoms with Gasteiger partial charge in [-0.3, -0.25) is 0 Å². The fourth-order valence-electron chi connectivity index (χ4n) is 2.38. The minimum atomic E-state index is 0.135. The van der Waals surface area contributed by atoms with Gasteiger partial charge in [-0.1, -0.05) is 59.7 Å². The smallest absolute Gasteiger partial charge is 0.0451 e. The summed E-state index contributed by atoms with van der Waals surface area (Å²) in [5.41, 5.74) is 5.57. The van der Waals surface area contributed by atoms with E-state index in [9.17, 15) is 0 Å². The lowest BCUT2D eigenvalue weighted by atomic mass is 9.79. The Kier molecular flexibility index (Phi) is 5.75. The third-order valence-corrected chi connectivity index (χ3v) is 7.59. The molecule has 124 valence electrons. The predicted octanol–water partition coefficient (Wildman–Crippen LogP) is 8.08. The summed E-state index contributed by atoms with van der Waals surface area (Å²) in [5.74, 6) is 0. The van der Waals surface area contributed by atoms with Crippen LogP contribution >= 0.6 is 54.5 Å². The molecule has 0 aliphatic carbocycles. The van der Waals surface area contributed by atoms with Crippen molar-refractivity contribution in [3.05, 3.63) is 54.0 Å². The Morgan fingerprint density at radius 3 is 1.52 bits per heavy atom. The average Bonchev–Trinajstić information content (AvgIpc) is 2.41. The molecule has 0 saturated carbocycles. The Morgan fingerprint density at radius 1 is 0.696 bits per heavy atom. The highest BCUT2D eigenvalue weighted by Crippen LogP contribution is 2.37. The van der Waals surface area contributed by atoms with Gasteiger partial charge in [-0.25, -0.2) is 0 Å². The third-order valence-electron chi connectivity index (χ3n) is 3.98. The molecule has 0 N–H and O–H groups in total. The minimum Gasteiger partial charge on any atom is -0.0561 e. The molecule has 3 heteroatoms. The average molecular weight is 550 g/mol. The lowest BCUT2D eigenvalue weighted by molar-refractivity contribution is 0.569. The zero-order chi connectivity index (χ0) is 17.6. The number of hydrogen-bond acceptors (Lipinski definition) is 0. The van der Waals surface area contributed by atoms with Crippen molar-refractivity contribution in [2.24, 2.45) is 0 Å². The molecule has 2 aromatic rings. The summed E-state index contributed by atoms with van der Waals surface area (Å²) < 4.78 is 3.42. The van der Waals surface area contributed by atoms with E-state index in [2.05, 4.69) is 126 Å². The van der Waals surface area contributed by atoms with E-state index < -0.39 is 0 Å². The fraction of sp³-hybridized carbons (Fsp3) is 0.400. The minimum absolute atomic E-state index is 0.135. The van der Waals surface area contributed by atoms with Crippen molar-refractivity contribution in [3.63, 3.8) is 0 Å². The van der Waals surface area contributed by atoms with E-state index in [-0.39, 0.29) is 10.8 Å². The molecule has 0 radical (unpaired) electrons. The third kappa shape index (κ3) is 4.60. The Balaban J connectivity index is 2.72. The molecule has 0 aromatic heterocycles. The molecule has 0 atom stereocenters. The molecular formula is C20H23Br2I. The predicted molar refractivity (Wildman–Crippen MR) is 117 cm³/mol. The van der Waals surface area contributed by atoms with Crippen LogP contribution in [-0.2, 0) is 10.8 Å². The Labute approximate surface area is 170 Å². The normalized spacial score (nSPS) is 12.6. The van der Waals surface area contributed by atoms with Crippen LogP contribution in [0.5, 0.6) is 0 Å². The second-order valence-corrected chi connectivity index (χ2v) is 10.9. The van der Waals surface area contributed by atoms with Crippen LogP contribution < -0.4 is 0 Å². The largest absolute Gasteiger partial charge is 0.0561 e. The van der Waals surface area contributed by atoms with Crippen LogP contribution in [0, 0.1) is 3.57 Å². The first kappa shape index (κ1) is 19.5. The molecule has 0 heterocycles. The van der Waals surface area contributed by atoms with Crippen molar-refractivity contribution in [1.82, 2.24) is 0 Å². The topological polar surface area (TPSA) is 0 Å². The van der Waals surface area contributed by atoms with Crippen molar-refractivity contribution >= 4 is 54.5 Å². The van der Waals surface area contributed by atoms with Gasteiger partial charge in [0.15, 0.2) is 0 Å². The van der Waals surface area contributed by atoms with E-state index in [1.807, 2.05) is 0 Å². The number of hydrogen-bond donors (Lipinski definition) is 0. The first-order valence-corrected chi connectivity index (χ1v) is 10.4. The highest BCUT2D eigenvalue weighted by atomic mass is 127. The van der Waals surface area contributed by atoms with Gasteiger partial charge in [0.25, 0.3) is 0 Å². The SMILES string of the molecule is CC(C)(C)c1cc(-c2cc(Br)c(Br)c(I)c2)cc(C(C)(C)C)c1. The van der Waals surface area contributed by atoms with E-state index >= 15 is 0 Å². The highest BCUT2D eigenvalue weighted by molar-refractivity contribution is 14.1. The van der Waals surface area contributed by atoms with Crippen LogP contribution in [0.25, 0.3) is 11.1 Å². The van der Waals surface area contributed by atoms with Crippen LogP contribution in [0.1, 0.15) is 52.7 Å². The summed E-state index contributed by atoms with van der Waals surface area (Å²) in [6.45, 7) is 13.7. The number of benzene rings is 2. The van der Waals surface area contributed by atoms with Gasteiger partial charge in [0.1, 0.15) is 0 Å². The quantitative estimate of drug-likeness (QED) is 0.249.